The lowest BCUT2D eigenvalue weighted by Gasteiger charge is -2.32. The molecule has 0 radical (unpaired) electrons. The van der Waals surface area contributed by atoms with E-state index in [1.54, 1.807) is 0 Å². The van der Waals surface area contributed by atoms with Crippen LogP contribution in [0.5, 0.6) is 0 Å². The third kappa shape index (κ3) is 3.02. The lowest BCUT2D eigenvalue weighted by molar-refractivity contribution is 0.191. The molecule has 1 fully saturated rings. The Balaban J connectivity index is 1.77. The number of aryl methyl sites for hydroxylation is 1. The molecule has 5 nitrogen and oxygen atoms in total. The minimum Gasteiger partial charge on any atom is -0.339 e. The highest BCUT2D eigenvalue weighted by Crippen LogP contribution is 2.10. The number of rotatable bonds is 4. The molecule has 1 aromatic rings. The lowest BCUT2D eigenvalue weighted by Crippen LogP contribution is -2.44. The molecule has 1 saturated heterocycles. The standard InChI is InChI=1S/C11H20N4O/c1-9-13-11(16-14-9)5-7-15-6-3-4-10(8-15)12-2/h10,12H,3-8H2,1-2H3. The molecule has 0 saturated carbocycles. The van der Waals surface area contributed by atoms with E-state index in [0.29, 0.717) is 6.04 Å². The van der Waals surface area contributed by atoms with Gasteiger partial charge in [0.15, 0.2) is 5.82 Å². The van der Waals surface area contributed by atoms with Crippen molar-refractivity contribution in [2.24, 2.45) is 0 Å². The van der Waals surface area contributed by atoms with Gasteiger partial charge in [0.1, 0.15) is 0 Å². The SMILES string of the molecule is CNC1CCCN(CCc2nc(C)no2)C1. The van der Waals surface area contributed by atoms with Gasteiger partial charge in [-0.3, -0.25) is 0 Å². The average molecular weight is 224 g/mol. The van der Waals surface area contributed by atoms with Crippen molar-refractivity contribution in [1.82, 2.24) is 20.4 Å². The highest BCUT2D eigenvalue weighted by Gasteiger charge is 2.18. The zero-order valence-electron chi connectivity index (χ0n) is 10.1. The number of hydrogen-bond acceptors (Lipinski definition) is 5. The summed E-state index contributed by atoms with van der Waals surface area (Å²) >= 11 is 0. The van der Waals surface area contributed by atoms with E-state index < -0.39 is 0 Å². The third-order valence-corrected chi connectivity index (χ3v) is 3.13. The first kappa shape index (κ1) is 11.5. The van der Waals surface area contributed by atoms with Gasteiger partial charge in [-0.25, -0.2) is 0 Å². The summed E-state index contributed by atoms with van der Waals surface area (Å²) in [7, 11) is 2.04. The summed E-state index contributed by atoms with van der Waals surface area (Å²) in [5.41, 5.74) is 0. The maximum Gasteiger partial charge on any atom is 0.227 e. The lowest BCUT2D eigenvalue weighted by atomic mass is 10.1. The van der Waals surface area contributed by atoms with Crippen molar-refractivity contribution in [1.29, 1.82) is 0 Å². The second kappa shape index (κ2) is 5.41. The average Bonchev–Trinajstić information content (AvgIpc) is 2.73. The van der Waals surface area contributed by atoms with Crippen molar-refractivity contribution in [3.8, 4) is 0 Å². The Morgan fingerprint density at radius 3 is 3.12 bits per heavy atom. The zero-order chi connectivity index (χ0) is 11.4. The predicted octanol–water partition coefficient (Wildman–Crippen LogP) is 0.604. The van der Waals surface area contributed by atoms with E-state index in [1.807, 2.05) is 14.0 Å². The third-order valence-electron chi connectivity index (χ3n) is 3.13. The van der Waals surface area contributed by atoms with Gasteiger partial charge in [-0.1, -0.05) is 5.16 Å². The van der Waals surface area contributed by atoms with Crippen molar-refractivity contribution in [3.63, 3.8) is 0 Å². The number of hydrogen-bond donors (Lipinski definition) is 1. The summed E-state index contributed by atoms with van der Waals surface area (Å²) < 4.78 is 5.11. The van der Waals surface area contributed by atoms with Gasteiger partial charge in [0.05, 0.1) is 0 Å². The molecule has 0 aromatic carbocycles. The Morgan fingerprint density at radius 1 is 1.56 bits per heavy atom. The Hall–Kier alpha value is -0.940. The summed E-state index contributed by atoms with van der Waals surface area (Å²) in [5, 5.41) is 7.14. The zero-order valence-corrected chi connectivity index (χ0v) is 10.1. The minimum absolute atomic E-state index is 0.637. The molecular weight excluding hydrogens is 204 g/mol. The molecule has 1 N–H and O–H groups in total. The monoisotopic (exact) mass is 224 g/mol. The largest absolute Gasteiger partial charge is 0.339 e. The van der Waals surface area contributed by atoms with Gasteiger partial charge < -0.3 is 14.7 Å². The molecule has 1 aliphatic heterocycles. The summed E-state index contributed by atoms with van der Waals surface area (Å²) in [6.45, 7) is 5.18. The Kier molecular flexibility index (Phi) is 3.90. The summed E-state index contributed by atoms with van der Waals surface area (Å²) in [4.78, 5) is 6.68. The van der Waals surface area contributed by atoms with Crippen LogP contribution in [0.25, 0.3) is 0 Å². The molecule has 0 spiro atoms. The molecule has 0 bridgehead atoms. The van der Waals surface area contributed by atoms with Crippen LogP contribution >= 0.6 is 0 Å². The quantitative estimate of drug-likeness (QED) is 0.812. The molecule has 5 heteroatoms. The topological polar surface area (TPSA) is 54.2 Å². The first-order chi connectivity index (χ1) is 7.78. The molecular formula is C11H20N4O. The molecule has 0 aliphatic carbocycles. The van der Waals surface area contributed by atoms with Crippen LogP contribution in [0.15, 0.2) is 4.52 Å². The van der Waals surface area contributed by atoms with Crippen LogP contribution in [0, 0.1) is 6.92 Å². The van der Waals surface area contributed by atoms with Crippen LogP contribution in [0.2, 0.25) is 0 Å². The highest BCUT2D eigenvalue weighted by atomic mass is 16.5. The van der Waals surface area contributed by atoms with Crippen LogP contribution in [0.3, 0.4) is 0 Å². The van der Waals surface area contributed by atoms with Gasteiger partial charge in [0, 0.05) is 25.6 Å². The number of nitrogens with one attached hydrogen (secondary N) is 1. The minimum atomic E-state index is 0.637. The second-order valence-corrected chi connectivity index (χ2v) is 4.41. The number of piperidine rings is 1. The molecule has 1 atom stereocenters. The first-order valence-electron chi connectivity index (χ1n) is 5.96. The van der Waals surface area contributed by atoms with Crippen LogP contribution in [0.1, 0.15) is 24.6 Å². The van der Waals surface area contributed by atoms with Gasteiger partial charge in [-0.2, -0.15) is 4.98 Å². The molecule has 1 aliphatic rings. The molecule has 0 amide bonds. The Morgan fingerprint density at radius 2 is 2.44 bits per heavy atom. The number of aromatic nitrogens is 2. The molecule has 90 valence electrons. The van der Waals surface area contributed by atoms with Crippen LogP contribution in [0.4, 0.5) is 0 Å². The van der Waals surface area contributed by atoms with Crippen molar-refractivity contribution >= 4 is 0 Å². The van der Waals surface area contributed by atoms with E-state index in [-0.39, 0.29) is 0 Å². The molecule has 16 heavy (non-hydrogen) atoms. The molecule has 1 unspecified atom stereocenters. The Bertz CT molecular complexity index is 326. The van der Waals surface area contributed by atoms with Crippen LogP contribution < -0.4 is 5.32 Å². The maximum absolute atomic E-state index is 5.11. The van der Waals surface area contributed by atoms with E-state index >= 15 is 0 Å². The van der Waals surface area contributed by atoms with Crippen LogP contribution in [-0.4, -0.2) is 47.8 Å². The maximum atomic E-state index is 5.11. The van der Waals surface area contributed by atoms with E-state index in [2.05, 4.69) is 20.4 Å². The molecule has 1 aromatic heterocycles. The fourth-order valence-electron chi connectivity index (χ4n) is 2.19. The smallest absolute Gasteiger partial charge is 0.227 e. The first-order valence-corrected chi connectivity index (χ1v) is 5.96. The summed E-state index contributed by atoms with van der Waals surface area (Å²) in [6, 6.07) is 0.637. The van der Waals surface area contributed by atoms with Gasteiger partial charge in [-0.15, -0.1) is 0 Å². The van der Waals surface area contributed by atoms with Gasteiger partial charge in [0.2, 0.25) is 5.89 Å². The fraction of sp³-hybridized carbons (Fsp3) is 0.818. The molecule has 2 heterocycles. The predicted molar refractivity (Wildman–Crippen MR) is 61.3 cm³/mol. The summed E-state index contributed by atoms with van der Waals surface area (Å²) in [6.07, 6.45) is 3.41. The van der Waals surface area contributed by atoms with Crippen molar-refractivity contribution in [2.45, 2.75) is 32.2 Å². The fourth-order valence-corrected chi connectivity index (χ4v) is 2.19. The van der Waals surface area contributed by atoms with E-state index in [4.69, 9.17) is 4.52 Å². The van der Waals surface area contributed by atoms with Crippen molar-refractivity contribution in [2.75, 3.05) is 26.7 Å². The van der Waals surface area contributed by atoms with E-state index in [0.717, 1.165) is 31.2 Å². The summed E-state index contributed by atoms with van der Waals surface area (Å²) in [5.74, 6) is 1.48. The number of likely N-dealkylation sites (tertiary alicyclic amines) is 1. The second-order valence-electron chi connectivity index (χ2n) is 4.41. The number of nitrogens with zero attached hydrogens (tertiary/aromatic N) is 3. The van der Waals surface area contributed by atoms with E-state index in [1.165, 1.54) is 19.4 Å². The number of likely N-dealkylation sites (N-methyl/N-ethyl adjacent to an activating group) is 1. The van der Waals surface area contributed by atoms with Crippen molar-refractivity contribution < 1.29 is 4.52 Å². The van der Waals surface area contributed by atoms with Crippen LogP contribution in [-0.2, 0) is 6.42 Å². The van der Waals surface area contributed by atoms with Gasteiger partial charge in [-0.05, 0) is 33.4 Å². The van der Waals surface area contributed by atoms with Gasteiger partial charge in [0.25, 0.3) is 0 Å². The highest BCUT2D eigenvalue weighted by molar-refractivity contribution is 4.85. The normalized spacial score (nSPS) is 22.5. The molecule has 2 rings (SSSR count). The van der Waals surface area contributed by atoms with Crippen molar-refractivity contribution in [3.05, 3.63) is 11.7 Å². The van der Waals surface area contributed by atoms with E-state index in [9.17, 15) is 0 Å². The Labute approximate surface area is 96.2 Å². The van der Waals surface area contributed by atoms with Gasteiger partial charge >= 0.3 is 0 Å².